The van der Waals surface area contributed by atoms with Gasteiger partial charge in [0, 0.05) is 66.5 Å². The summed E-state index contributed by atoms with van der Waals surface area (Å²) in [4.78, 5) is 15.5. The normalized spacial score (nSPS) is 12.8. The number of fused-ring (bicyclic) bond motifs is 8. The molecule has 4 aromatic carbocycles. The molecule has 5 heterocycles. The number of aromatic amines is 4. The lowest BCUT2D eigenvalue weighted by atomic mass is 9.92. The van der Waals surface area contributed by atoms with Crippen LogP contribution in [0.3, 0.4) is 0 Å². The molecule has 9 rings (SSSR count). The molecule has 0 fully saturated rings. The van der Waals surface area contributed by atoms with Crippen molar-refractivity contribution in [2.45, 2.75) is 41.5 Å². The van der Waals surface area contributed by atoms with Gasteiger partial charge >= 0.3 is 0 Å². The molecule has 0 atom stereocenters. The monoisotopic (exact) mass is 732 g/mol. The second-order valence-corrected chi connectivity index (χ2v) is 15.3. The van der Waals surface area contributed by atoms with E-state index in [1.54, 1.807) is 24.3 Å². The number of hydrogen-bond donors (Lipinski definition) is 6. The summed E-state index contributed by atoms with van der Waals surface area (Å²) in [7, 11) is 0. The first-order valence-corrected chi connectivity index (χ1v) is 19.0. The molecule has 276 valence electrons. The summed E-state index contributed by atoms with van der Waals surface area (Å²) < 4.78 is 0. The largest absolute Gasteiger partial charge is 0.508 e. The minimum Gasteiger partial charge on any atom is -0.508 e. The SMILES string of the molecule is Cc1cc(C)c(C2=c3ccc([nH]3)=C(c3ccc(O)cc3)c3ccc([nH]3)C(c3c(C)cc(C)cc3C)=c3ccc([nH]3)=C(c3ccc(O)cc3)c3ccc2[nH]3)c(C)c1. The zero-order chi connectivity index (χ0) is 38.8. The first-order chi connectivity index (χ1) is 27.0. The highest BCUT2D eigenvalue weighted by molar-refractivity contribution is 5.86. The molecule has 0 amide bonds. The number of phenols is 2. The molecule has 56 heavy (non-hydrogen) atoms. The molecule has 8 aromatic rings. The Balaban J connectivity index is 1.46. The van der Waals surface area contributed by atoms with Crippen molar-refractivity contribution in [1.29, 1.82) is 0 Å². The van der Waals surface area contributed by atoms with Crippen molar-refractivity contribution in [2.75, 3.05) is 0 Å². The molecular formula is C50H44N4O2. The molecule has 0 spiro atoms. The lowest BCUT2D eigenvalue weighted by Gasteiger charge is -2.15. The van der Waals surface area contributed by atoms with E-state index in [0.29, 0.717) is 0 Å². The molecule has 6 nitrogen and oxygen atoms in total. The predicted molar refractivity (Wildman–Crippen MR) is 226 cm³/mol. The van der Waals surface area contributed by atoms with Crippen LogP contribution in [0.4, 0.5) is 0 Å². The maximum absolute atomic E-state index is 10.3. The van der Waals surface area contributed by atoms with Crippen molar-refractivity contribution < 1.29 is 10.2 Å². The molecule has 6 N–H and O–H groups in total. The van der Waals surface area contributed by atoms with Crippen molar-refractivity contribution in [3.8, 4) is 11.5 Å². The lowest BCUT2D eigenvalue weighted by molar-refractivity contribution is 0.474. The number of H-pyrrole nitrogens is 4. The number of phenolic OH excluding ortho intramolecular Hbond substituents is 2. The van der Waals surface area contributed by atoms with Crippen LogP contribution in [0.25, 0.3) is 22.3 Å². The van der Waals surface area contributed by atoms with Gasteiger partial charge in [0.2, 0.25) is 0 Å². The lowest BCUT2D eigenvalue weighted by Crippen LogP contribution is -2.19. The standard InChI is InChI=1S/C50H44N4O2/c1-27-23-29(3)45(30(4)24-27)49-41-19-15-37(51-41)47(33-7-11-35(55)12-8-33)39-17-21-43(53-39)50(46-31(5)25-28(2)26-32(46)6)44-22-18-40(54-44)48(38-16-20-42(49)52-38)34-9-13-36(56)14-10-34/h7-26,51-56H,1-6H3. The Morgan fingerprint density at radius 3 is 0.929 bits per heavy atom. The number of aromatic hydroxyl groups is 2. The molecule has 8 bridgehead atoms. The molecule has 0 unspecified atom stereocenters. The second-order valence-electron chi connectivity index (χ2n) is 15.3. The van der Waals surface area contributed by atoms with E-state index < -0.39 is 0 Å². The van der Waals surface area contributed by atoms with Crippen LogP contribution in [-0.4, -0.2) is 30.1 Å². The smallest absolute Gasteiger partial charge is 0.115 e. The van der Waals surface area contributed by atoms with Gasteiger partial charge in [-0.15, -0.1) is 0 Å². The zero-order valence-electron chi connectivity index (χ0n) is 32.4. The van der Waals surface area contributed by atoms with Gasteiger partial charge in [-0.3, -0.25) is 0 Å². The molecule has 1 aliphatic rings. The van der Waals surface area contributed by atoms with Gasteiger partial charge < -0.3 is 30.1 Å². The average Bonchev–Trinajstić information content (AvgIpc) is 3.99. The van der Waals surface area contributed by atoms with E-state index >= 15 is 0 Å². The van der Waals surface area contributed by atoms with Gasteiger partial charge in [-0.25, -0.2) is 0 Å². The molecule has 0 radical (unpaired) electrons. The quantitative estimate of drug-likeness (QED) is 0.113. The van der Waals surface area contributed by atoms with Gasteiger partial charge in [-0.05, 0) is 159 Å². The first-order valence-electron chi connectivity index (χ1n) is 19.0. The number of aromatic nitrogens is 4. The number of hydrogen-bond acceptors (Lipinski definition) is 2. The topological polar surface area (TPSA) is 104 Å². The zero-order valence-corrected chi connectivity index (χ0v) is 32.4. The predicted octanol–water partition coefficient (Wildman–Crippen LogP) is 7.56. The molecule has 0 saturated heterocycles. The second kappa shape index (κ2) is 13.4. The fraction of sp³-hybridized carbons (Fsp3) is 0.120. The number of benzene rings is 4. The summed E-state index contributed by atoms with van der Waals surface area (Å²) in [6.07, 6.45) is 0. The number of aryl methyl sites for hydroxylation is 6. The third-order valence-electron chi connectivity index (χ3n) is 11.1. The van der Waals surface area contributed by atoms with Gasteiger partial charge in [0.25, 0.3) is 0 Å². The molecule has 0 aliphatic carbocycles. The molecule has 4 aromatic heterocycles. The Hall–Kier alpha value is -6.92. The Morgan fingerprint density at radius 2 is 0.607 bits per heavy atom. The van der Waals surface area contributed by atoms with E-state index in [1.807, 2.05) is 24.3 Å². The van der Waals surface area contributed by atoms with E-state index in [9.17, 15) is 10.2 Å². The summed E-state index contributed by atoms with van der Waals surface area (Å²) in [6.45, 7) is 13.0. The fourth-order valence-corrected chi connectivity index (χ4v) is 8.89. The van der Waals surface area contributed by atoms with Crippen LogP contribution in [0.1, 0.15) is 78.4 Å². The Morgan fingerprint density at radius 1 is 0.321 bits per heavy atom. The van der Waals surface area contributed by atoms with E-state index in [2.05, 4.69) is 134 Å². The van der Waals surface area contributed by atoms with Crippen LogP contribution in [-0.2, 0) is 0 Å². The van der Waals surface area contributed by atoms with Crippen LogP contribution in [0.5, 0.6) is 11.5 Å². The van der Waals surface area contributed by atoms with Crippen molar-refractivity contribution in [3.05, 3.63) is 221 Å². The number of nitrogens with one attached hydrogen (secondary N) is 4. The van der Waals surface area contributed by atoms with Crippen molar-refractivity contribution in [1.82, 2.24) is 19.9 Å². The van der Waals surface area contributed by atoms with Crippen LogP contribution in [0, 0.1) is 41.5 Å². The minimum absolute atomic E-state index is 0.220. The van der Waals surface area contributed by atoms with Crippen LogP contribution < -0.4 is 21.4 Å². The van der Waals surface area contributed by atoms with Crippen molar-refractivity contribution in [2.24, 2.45) is 0 Å². The van der Waals surface area contributed by atoms with Crippen molar-refractivity contribution >= 4 is 22.3 Å². The van der Waals surface area contributed by atoms with E-state index in [-0.39, 0.29) is 11.5 Å². The summed E-state index contributed by atoms with van der Waals surface area (Å²) in [5.74, 6) is 0.440. The van der Waals surface area contributed by atoms with Crippen LogP contribution in [0.2, 0.25) is 0 Å². The molecule has 0 saturated carbocycles. The average molecular weight is 733 g/mol. The fourth-order valence-electron chi connectivity index (χ4n) is 8.89. The molecule has 1 aliphatic heterocycles. The van der Waals surface area contributed by atoms with Crippen LogP contribution in [0.15, 0.2) is 121 Å². The third kappa shape index (κ3) is 6.00. The highest BCUT2D eigenvalue weighted by atomic mass is 16.3. The van der Waals surface area contributed by atoms with Gasteiger partial charge in [0.1, 0.15) is 11.5 Å². The Bertz CT molecular complexity index is 2830. The summed E-state index contributed by atoms with van der Waals surface area (Å²) in [5.41, 5.74) is 19.5. The van der Waals surface area contributed by atoms with Gasteiger partial charge in [0.05, 0.1) is 0 Å². The molecule has 6 heteroatoms. The Kier molecular flexibility index (Phi) is 8.35. The maximum atomic E-state index is 10.3. The minimum atomic E-state index is 0.220. The van der Waals surface area contributed by atoms with E-state index in [1.165, 1.54) is 44.5 Å². The summed E-state index contributed by atoms with van der Waals surface area (Å²) in [5, 5.41) is 24.5. The van der Waals surface area contributed by atoms with Crippen molar-refractivity contribution in [3.63, 3.8) is 0 Å². The Labute approximate surface area is 325 Å². The number of rotatable bonds is 4. The van der Waals surface area contributed by atoms with E-state index in [4.69, 9.17) is 0 Å². The first kappa shape index (κ1) is 34.8. The highest BCUT2D eigenvalue weighted by Gasteiger charge is 2.21. The van der Waals surface area contributed by atoms with Gasteiger partial charge in [0.15, 0.2) is 0 Å². The van der Waals surface area contributed by atoms with Crippen LogP contribution >= 0.6 is 0 Å². The highest BCUT2D eigenvalue weighted by Crippen LogP contribution is 2.32. The van der Waals surface area contributed by atoms with Gasteiger partial charge in [-0.1, -0.05) is 59.7 Å². The summed E-state index contributed by atoms with van der Waals surface area (Å²) in [6, 6.07) is 41.1. The van der Waals surface area contributed by atoms with E-state index in [0.717, 1.165) is 77.6 Å². The maximum Gasteiger partial charge on any atom is 0.115 e. The molecular weight excluding hydrogens is 689 g/mol. The van der Waals surface area contributed by atoms with Gasteiger partial charge in [-0.2, -0.15) is 0 Å². The summed E-state index contributed by atoms with van der Waals surface area (Å²) >= 11 is 0. The third-order valence-corrected chi connectivity index (χ3v) is 11.1.